The minimum absolute atomic E-state index is 0.0645. The van der Waals surface area contributed by atoms with E-state index in [1.807, 2.05) is 41.0 Å². The summed E-state index contributed by atoms with van der Waals surface area (Å²) in [5.41, 5.74) is 1.88. The molecule has 0 aliphatic carbocycles. The second-order valence-electron chi connectivity index (χ2n) is 6.00. The molecular formula is C18H26N2O2. The van der Waals surface area contributed by atoms with Crippen molar-refractivity contribution in [1.29, 1.82) is 0 Å². The van der Waals surface area contributed by atoms with E-state index in [4.69, 9.17) is 0 Å². The molecule has 22 heavy (non-hydrogen) atoms. The molecule has 0 aromatic heterocycles. The number of benzene rings is 1. The van der Waals surface area contributed by atoms with Gasteiger partial charge in [0, 0.05) is 37.7 Å². The summed E-state index contributed by atoms with van der Waals surface area (Å²) in [5, 5.41) is 0. The molecule has 1 heterocycles. The van der Waals surface area contributed by atoms with Crippen molar-refractivity contribution in [3.63, 3.8) is 0 Å². The molecule has 0 atom stereocenters. The molecule has 4 heteroatoms. The fraction of sp³-hybridized carbons (Fsp3) is 0.556. The molecule has 0 saturated carbocycles. The first-order valence-electron chi connectivity index (χ1n) is 8.21. The van der Waals surface area contributed by atoms with Gasteiger partial charge in [-0.25, -0.2) is 0 Å². The van der Waals surface area contributed by atoms with Gasteiger partial charge in [0.2, 0.25) is 5.91 Å². The zero-order valence-corrected chi connectivity index (χ0v) is 13.8. The Hall–Kier alpha value is -1.84. The Morgan fingerprint density at radius 2 is 1.45 bits per heavy atom. The predicted octanol–water partition coefficient (Wildman–Crippen LogP) is 2.72. The normalized spacial score (nSPS) is 15.3. The first-order valence-corrected chi connectivity index (χ1v) is 8.21. The van der Waals surface area contributed by atoms with E-state index in [2.05, 4.69) is 13.8 Å². The fourth-order valence-electron chi connectivity index (χ4n) is 2.90. The van der Waals surface area contributed by atoms with E-state index in [1.54, 1.807) is 0 Å². The van der Waals surface area contributed by atoms with Gasteiger partial charge in [-0.3, -0.25) is 9.59 Å². The molecule has 1 fully saturated rings. The highest BCUT2D eigenvalue weighted by molar-refractivity contribution is 5.94. The number of carbonyl (C=O) groups is 2. The van der Waals surface area contributed by atoms with Gasteiger partial charge in [-0.2, -0.15) is 0 Å². The van der Waals surface area contributed by atoms with Crippen LogP contribution in [-0.2, 0) is 4.79 Å². The third-order valence-electron chi connectivity index (χ3n) is 4.51. The van der Waals surface area contributed by atoms with Crippen molar-refractivity contribution in [3.8, 4) is 0 Å². The Morgan fingerprint density at radius 3 is 1.95 bits per heavy atom. The Balaban J connectivity index is 1.93. The highest BCUT2D eigenvalue weighted by Crippen LogP contribution is 2.15. The van der Waals surface area contributed by atoms with Crippen molar-refractivity contribution in [2.45, 2.75) is 33.6 Å². The lowest BCUT2D eigenvalue weighted by atomic mass is 10.0. The molecule has 1 aliphatic heterocycles. The number of amides is 2. The van der Waals surface area contributed by atoms with Gasteiger partial charge in [0.25, 0.3) is 5.91 Å². The van der Waals surface area contributed by atoms with Crippen molar-refractivity contribution < 1.29 is 9.59 Å². The summed E-state index contributed by atoms with van der Waals surface area (Å²) in [6.45, 7) is 8.67. The highest BCUT2D eigenvalue weighted by Gasteiger charge is 2.27. The quantitative estimate of drug-likeness (QED) is 0.858. The van der Waals surface area contributed by atoms with Crippen LogP contribution >= 0.6 is 0 Å². The van der Waals surface area contributed by atoms with Crippen LogP contribution in [0.2, 0.25) is 0 Å². The standard InChI is InChI=1S/C18H26N2O2/c1-4-15(5-2)17(21)19-10-12-20(13-11-19)18(22)16-8-6-14(3)7-9-16/h6-9,15H,4-5,10-13H2,1-3H3. The molecule has 1 aromatic carbocycles. The SMILES string of the molecule is CCC(CC)C(=O)N1CCN(C(=O)c2ccc(C)cc2)CC1. The van der Waals surface area contributed by atoms with Crippen molar-refractivity contribution in [1.82, 2.24) is 9.80 Å². The molecular weight excluding hydrogens is 276 g/mol. The molecule has 0 unspecified atom stereocenters. The van der Waals surface area contributed by atoms with Gasteiger partial charge in [-0.05, 0) is 31.9 Å². The van der Waals surface area contributed by atoms with Gasteiger partial charge in [0.1, 0.15) is 0 Å². The zero-order valence-electron chi connectivity index (χ0n) is 13.8. The maximum atomic E-state index is 12.5. The average Bonchev–Trinajstić information content (AvgIpc) is 2.56. The van der Waals surface area contributed by atoms with Gasteiger partial charge in [0.15, 0.2) is 0 Å². The third-order valence-corrected chi connectivity index (χ3v) is 4.51. The van der Waals surface area contributed by atoms with Crippen LogP contribution < -0.4 is 0 Å². The topological polar surface area (TPSA) is 40.6 Å². The fourth-order valence-corrected chi connectivity index (χ4v) is 2.90. The van der Waals surface area contributed by atoms with Gasteiger partial charge < -0.3 is 9.80 Å². The van der Waals surface area contributed by atoms with Crippen molar-refractivity contribution >= 4 is 11.8 Å². The smallest absolute Gasteiger partial charge is 0.253 e. The van der Waals surface area contributed by atoms with Gasteiger partial charge >= 0.3 is 0 Å². The Bertz CT molecular complexity index is 512. The number of piperazine rings is 1. The Morgan fingerprint density at radius 1 is 0.955 bits per heavy atom. The van der Waals surface area contributed by atoms with E-state index >= 15 is 0 Å². The molecule has 0 spiro atoms. The van der Waals surface area contributed by atoms with E-state index in [0.717, 1.165) is 24.0 Å². The lowest BCUT2D eigenvalue weighted by molar-refractivity contribution is -0.137. The molecule has 1 aromatic rings. The van der Waals surface area contributed by atoms with Gasteiger partial charge in [0.05, 0.1) is 0 Å². The van der Waals surface area contributed by atoms with Crippen LogP contribution in [0.1, 0.15) is 42.6 Å². The van der Waals surface area contributed by atoms with Gasteiger partial charge in [-0.15, -0.1) is 0 Å². The molecule has 0 radical (unpaired) electrons. The van der Waals surface area contributed by atoms with Gasteiger partial charge in [-0.1, -0.05) is 31.5 Å². The van der Waals surface area contributed by atoms with Crippen LogP contribution in [0, 0.1) is 12.8 Å². The summed E-state index contributed by atoms with van der Waals surface area (Å²) in [5.74, 6) is 0.432. The summed E-state index contributed by atoms with van der Waals surface area (Å²) in [4.78, 5) is 28.6. The lowest BCUT2D eigenvalue weighted by Crippen LogP contribution is -2.51. The van der Waals surface area contributed by atoms with Crippen LogP contribution in [0.25, 0.3) is 0 Å². The monoisotopic (exact) mass is 302 g/mol. The van der Waals surface area contributed by atoms with Crippen LogP contribution in [0.15, 0.2) is 24.3 Å². The van der Waals surface area contributed by atoms with E-state index in [0.29, 0.717) is 26.2 Å². The molecule has 4 nitrogen and oxygen atoms in total. The summed E-state index contributed by atoms with van der Waals surface area (Å²) < 4.78 is 0. The summed E-state index contributed by atoms with van der Waals surface area (Å²) in [6, 6.07) is 7.67. The molecule has 1 aliphatic rings. The van der Waals surface area contributed by atoms with Crippen LogP contribution in [0.4, 0.5) is 0 Å². The largest absolute Gasteiger partial charge is 0.339 e. The molecule has 2 rings (SSSR count). The number of carbonyl (C=O) groups excluding carboxylic acids is 2. The van der Waals surface area contributed by atoms with E-state index in [1.165, 1.54) is 0 Å². The van der Waals surface area contributed by atoms with Crippen LogP contribution in [-0.4, -0.2) is 47.8 Å². The lowest BCUT2D eigenvalue weighted by Gasteiger charge is -2.36. The highest BCUT2D eigenvalue weighted by atomic mass is 16.2. The summed E-state index contributed by atoms with van der Waals surface area (Å²) in [6.07, 6.45) is 1.77. The molecule has 120 valence electrons. The number of aryl methyl sites for hydroxylation is 1. The molecule has 2 amide bonds. The Kier molecular flexibility index (Phi) is 5.58. The third kappa shape index (κ3) is 3.67. The first kappa shape index (κ1) is 16.5. The van der Waals surface area contributed by atoms with Crippen molar-refractivity contribution in [3.05, 3.63) is 35.4 Å². The van der Waals surface area contributed by atoms with Crippen molar-refractivity contribution in [2.75, 3.05) is 26.2 Å². The molecule has 0 N–H and O–H groups in total. The summed E-state index contributed by atoms with van der Waals surface area (Å²) in [7, 11) is 0. The number of hydrogen-bond acceptors (Lipinski definition) is 2. The number of rotatable bonds is 4. The second-order valence-corrected chi connectivity index (χ2v) is 6.00. The maximum absolute atomic E-state index is 12.5. The number of hydrogen-bond donors (Lipinski definition) is 0. The molecule has 0 bridgehead atoms. The maximum Gasteiger partial charge on any atom is 0.253 e. The first-order chi connectivity index (χ1) is 10.6. The zero-order chi connectivity index (χ0) is 16.1. The molecule has 1 saturated heterocycles. The van der Waals surface area contributed by atoms with E-state index in [-0.39, 0.29) is 17.7 Å². The van der Waals surface area contributed by atoms with E-state index in [9.17, 15) is 9.59 Å². The minimum Gasteiger partial charge on any atom is -0.339 e. The predicted molar refractivity (Wildman–Crippen MR) is 87.7 cm³/mol. The van der Waals surface area contributed by atoms with Crippen molar-refractivity contribution in [2.24, 2.45) is 5.92 Å². The summed E-state index contributed by atoms with van der Waals surface area (Å²) >= 11 is 0. The van der Waals surface area contributed by atoms with Crippen LogP contribution in [0.5, 0.6) is 0 Å². The Labute approximate surface area is 133 Å². The second kappa shape index (κ2) is 7.43. The minimum atomic E-state index is 0.0645. The number of nitrogens with zero attached hydrogens (tertiary/aromatic N) is 2. The van der Waals surface area contributed by atoms with Crippen LogP contribution in [0.3, 0.4) is 0 Å². The van der Waals surface area contributed by atoms with E-state index < -0.39 is 0 Å². The average molecular weight is 302 g/mol.